The molecule has 2 nitrogen and oxygen atoms in total. The normalized spacial score (nSPS) is 13.5. The molecule has 0 saturated carbocycles. The van der Waals surface area contributed by atoms with E-state index in [-0.39, 0.29) is 0 Å². The molecule has 2 heteroatoms. The van der Waals surface area contributed by atoms with Crippen LogP contribution in [-0.4, -0.2) is 6.54 Å². The number of aryl methyl sites for hydroxylation is 1. The number of nitrogens with one attached hydrogen (secondary N) is 1. The van der Waals surface area contributed by atoms with Gasteiger partial charge in [-0.1, -0.05) is 39.0 Å². The van der Waals surface area contributed by atoms with E-state index in [1.54, 1.807) is 0 Å². The molecule has 1 atom stereocenters. The van der Waals surface area contributed by atoms with Gasteiger partial charge in [0.05, 0.1) is 6.04 Å². The standard InChI is InChI=1S/C15H21NO/c1-5-16-14(10(2)3)13-9-12-8-6-7-11(4)15(12)17-13/h6-10,14,16H,5H2,1-4H3. The lowest BCUT2D eigenvalue weighted by Crippen LogP contribution is -2.24. The van der Waals surface area contributed by atoms with Crippen molar-refractivity contribution in [2.45, 2.75) is 33.7 Å². The van der Waals surface area contributed by atoms with Gasteiger partial charge in [0.25, 0.3) is 0 Å². The van der Waals surface area contributed by atoms with Crippen LogP contribution in [0.2, 0.25) is 0 Å². The summed E-state index contributed by atoms with van der Waals surface area (Å²) in [6.45, 7) is 9.61. The Hall–Kier alpha value is -1.28. The maximum Gasteiger partial charge on any atom is 0.137 e. The molecule has 1 aromatic carbocycles. The molecule has 0 fully saturated rings. The Labute approximate surface area is 103 Å². The van der Waals surface area contributed by atoms with Crippen LogP contribution in [0.3, 0.4) is 0 Å². The summed E-state index contributed by atoms with van der Waals surface area (Å²) < 4.78 is 6.01. The first-order valence-corrected chi connectivity index (χ1v) is 6.36. The van der Waals surface area contributed by atoms with E-state index in [9.17, 15) is 0 Å². The van der Waals surface area contributed by atoms with E-state index < -0.39 is 0 Å². The third-order valence-corrected chi connectivity index (χ3v) is 3.16. The Morgan fingerprint density at radius 1 is 1.29 bits per heavy atom. The minimum atomic E-state index is 0.298. The highest BCUT2D eigenvalue weighted by Gasteiger charge is 2.19. The molecule has 2 aromatic rings. The van der Waals surface area contributed by atoms with Crippen LogP contribution in [-0.2, 0) is 0 Å². The van der Waals surface area contributed by atoms with E-state index in [0.29, 0.717) is 12.0 Å². The molecule has 0 bridgehead atoms. The number of para-hydroxylation sites is 1. The first-order chi connectivity index (χ1) is 8.13. The van der Waals surface area contributed by atoms with E-state index in [4.69, 9.17) is 4.42 Å². The zero-order valence-corrected chi connectivity index (χ0v) is 11.1. The molecular weight excluding hydrogens is 210 g/mol. The predicted molar refractivity (Wildman–Crippen MR) is 72.2 cm³/mol. The number of fused-ring (bicyclic) bond motifs is 1. The number of benzene rings is 1. The molecule has 92 valence electrons. The Bertz CT molecular complexity index is 499. The van der Waals surface area contributed by atoms with Crippen molar-refractivity contribution in [1.82, 2.24) is 5.32 Å². The summed E-state index contributed by atoms with van der Waals surface area (Å²) in [6, 6.07) is 8.74. The van der Waals surface area contributed by atoms with Crippen LogP contribution in [0.5, 0.6) is 0 Å². The van der Waals surface area contributed by atoms with Crippen molar-refractivity contribution in [2.75, 3.05) is 6.54 Å². The smallest absolute Gasteiger partial charge is 0.137 e. The van der Waals surface area contributed by atoms with Crippen molar-refractivity contribution in [1.29, 1.82) is 0 Å². The van der Waals surface area contributed by atoms with Gasteiger partial charge in [0, 0.05) is 5.39 Å². The highest BCUT2D eigenvalue weighted by molar-refractivity contribution is 5.81. The van der Waals surface area contributed by atoms with E-state index >= 15 is 0 Å². The summed E-state index contributed by atoms with van der Waals surface area (Å²) in [7, 11) is 0. The molecule has 0 aliphatic heterocycles. The summed E-state index contributed by atoms with van der Waals surface area (Å²) >= 11 is 0. The Balaban J connectivity index is 2.44. The van der Waals surface area contributed by atoms with E-state index in [1.807, 2.05) is 0 Å². The van der Waals surface area contributed by atoms with Crippen molar-refractivity contribution in [3.05, 3.63) is 35.6 Å². The number of furan rings is 1. The second kappa shape index (κ2) is 4.92. The molecule has 0 spiro atoms. The molecule has 1 unspecified atom stereocenters. The van der Waals surface area contributed by atoms with Crippen LogP contribution >= 0.6 is 0 Å². The van der Waals surface area contributed by atoms with Gasteiger partial charge >= 0.3 is 0 Å². The van der Waals surface area contributed by atoms with Gasteiger partial charge in [0.2, 0.25) is 0 Å². The van der Waals surface area contributed by atoms with Gasteiger partial charge < -0.3 is 9.73 Å². The fourth-order valence-corrected chi connectivity index (χ4v) is 2.27. The molecule has 0 aliphatic rings. The summed E-state index contributed by atoms with van der Waals surface area (Å²) in [5, 5.41) is 4.68. The lowest BCUT2D eigenvalue weighted by Gasteiger charge is -2.19. The van der Waals surface area contributed by atoms with Gasteiger partial charge in [-0.3, -0.25) is 0 Å². The van der Waals surface area contributed by atoms with Crippen LogP contribution in [0.4, 0.5) is 0 Å². The van der Waals surface area contributed by atoms with Gasteiger partial charge in [-0.05, 0) is 31.0 Å². The van der Waals surface area contributed by atoms with Gasteiger partial charge in [0.1, 0.15) is 11.3 Å². The second-order valence-corrected chi connectivity index (χ2v) is 4.92. The predicted octanol–water partition coefficient (Wildman–Crippen LogP) is 4.05. The Kier molecular flexibility index (Phi) is 3.53. The zero-order valence-electron chi connectivity index (χ0n) is 11.1. The number of hydrogen-bond donors (Lipinski definition) is 1. The fourth-order valence-electron chi connectivity index (χ4n) is 2.27. The molecule has 1 N–H and O–H groups in total. The molecule has 0 radical (unpaired) electrons. The molecule has 2 rings (SSSR count). The highest BCUT2D eigenvalue weighted by Crippen LogP contribution is 2.29. The maximum atomic E-state index is 6.01. The first-order valence-electron chi connectivity index (χ1n) is 6.36. The summed E-state index contributed by atoms with van der Waals surface area (Å²) in [4.78, 5) is 0. The van der Waals surface area contributed by atoms with E-state index in [1.165, 1.54) is 10.9 Å². The highest BCUT2D eigenvalue weighted by atomic mass is 16.3. The lowest BCUT2D eigenvalue weighted by atomic mass is 10.0. The molecule has 0 amide bonds. The van der Waals surface area contributed by atoms with Crippen molar-refractivity contribution < 1.29 is 4.42 Å². The van der Waals surface area contributed by atoms with Crippen molar-refractivity contribution >= 4 is 11.0 Å². The monoisotopic (exact) mass is 231 g/mol. The van der Waals surface area contributed by atoms with Crippen molar-refractivity contribution in [3.8, 4) is 0 Å². The molecule has 0 aliphatic carbocycles. The van der Waals surface area contributed by atoms with Crippen LogP contribution in [0.25, 0.3) is 11.0 Å². The molecule has 1 heterocycles. The maximum absolute atomic E-state index is 6.01. The van der Waals surface area contributed by atoms with Crippen molar-refractivity contribution in [2.24, 2.45) is 5.92 Å². The SMILES string of the molecule is CCNC(c1cc2cccc(C)c2o1)C(C)C. The van der Waals surface area contributed by atoms with E-state index in [2.05, 4.69) is 57.3 Å². The van der Waals surface area contributed by atoms with Crippen LogP contribution in [0, 0.1) is 12.8 Å². The van der Waals surface area contributed by atoms with Gasteiger partial charge in [0.15, 0.2) is 0 Å². The van der Waals surface area contributed by atoms with Crippen molar-refractivity contribution in [3.63, 3.8) is 0 Å². The minimum absolute atomic E-state index is 0.298. The average Bonchev–Trinajstić information content (AvgIpc) is 2.70. The zero-order chi connectivity index (χ0) is 12.4. The second-order valence-electron chi connectivity index (χ2n) is 4.92. The van der Waals surface area contributed by atoms with Crippen LogP contribution < -0.4 is 5.32 Å². The Morgan fingerprint density at radius 2 is 2.06 bits per heavy atom. The van der Waals surface area contributed by atoms with Crippen LogP contribution in [0.15, 0.2) is 28.7 Å². The first kappa shape index (κ1) is 12.2. The van der Waals surface area contributed by atoms with E-state index in [0.717, 1.165) is 17.9 Å². The number of hydrogen-bond acceptors (Lipinski definition) is 2. The Morgan fingerprint density at radius 3 is 2.65 bits per heavy atom. The quantitative estimate of drug-likeness (QED) is 0.858. The summed E-state index contributed by atoms with van der Waals surface area (Å²) in [5.41, 5.74) is 2.22. The lowest BCUT2D eigenvalue weighted by molar-refractivity contribution is 0.356. The van der Waals surface area contributed by atoms with Gasteiger partial charge in [-0.2, -0.15) is 0 Å². The fraction of sp³-hybridized carbons (Fsp3) is 0.467. The summed E-state index contributed by atoms with van der Waals surface area (Å²) in [5.74, 6) is 1.57. The molecule has 1 aromatic heterocycles. The van der Waals surface area contributed by atoms with Gasteiger partial charge in [-0.25, -0.2) is 0 Å². The largest absolute Gasteiger partial charge is 0.459 e. The molecule has 17 heavy (non-hydrogen) atoms. The van der Waals surface area contributed by atoms with Crippen LogP contribution in [0.1, 0.15) is 38.1 Å². The summed E-state index contributed by atoms with van der Waals surface area (Å²) in [6.07, 6.45) is 0. The topological polar surface area (TPSA) is 25.2 Å². The number of rotatable bonds is 4. The third kappa shape index (κ3) is 2.37. The minimum Gasteiger partial charge on any atom is -0.459 e. The van der Waals surface area contributed by atoms with Gasteiger partial charge in [-0.15, -0.1) is 0 Å². The average molecular weight is 231 g/mol. The third-order valence-electron chi connectivity index (χ3n) is 3.16. The molecule has 0 saturated heterocycles. The molecular formula is C15H21NO.